The van der Waals surface area contributed by atoms with Gasteiger partial charge in [-0.2, -0.15) is 0 Å². The van der Waals surface area contributed by atoms with E-state index >= 15 is 0 Å². The standard InChI is InChI=1S/C16H20N2O4S2/c1-3-10-17-15(19)12-18(13-7-4-5-8-14(13)22-2)24(20,21)16-9-6-11-23-16/h4-9,11H,3,10,12H2,1-2H3,(H,17,19). The van der Waals surface area contributed by atoms with Gasteiger partial charge in [-0.15, -0.1) is 11.3 Å². The van der Waals surface area contributed by atoms with Crippen molar-refractivity contribution in [3.05, 3.63) is 41.8 Å². The van der Waals surface area contributed by atoms with E-state index in [-0.39, 0.29) is 16.7 Å². The van der Waals surface area contributed by atoms with Gasteiger partial charge in [0.2, 0.25) is 5.91 Å². The number of methoxy groups -OCH3 is 1. The molecule has 0 saturated carbocycles. The lowest BCUT2D eigenvalue weighted by molar-refractivity contribution is -0.119. The van der Waals surface area contributed by atoms with E-state index in [0.717, 1.165) is 22.1 Å². The molecule has 1 N–H and O–H groups in total. The second kappa shape index (κ2) is 8.16. The van der Waals surface area contributed by atoms with Gasteiger partial charge < -0.3 is 10.1 Å². The van der Waals surface area contributed by atoms with E-state index in [1.807, 2.05) is 6.92 Å². The number of benzene rings is 1. The van der Waals surface area contributed by atoms with Crippen molar-refractivity contribution >= 4 is 33.0 Å². The highest BCUT2D eigenvalue weighted by molar-refractivity contribution is 7.94. The van der Waals surface area contributed by atoms with Gasteiger partial charge in [0.25, 0.3) is 10.0 Å². The first kappa shape index (κ1) is 18.3. The van der Waals surface area contributed by atoms with Crippen LogP contribution >= 0.6 is 11.3 Å². The number of thiophene rings is 1. The molecule has 130 valence electrons. The zero-order valence-corrected chi connectivity index (χ0v) is 15.2. The first-order valence-corrected chi connectivity index (χ1v) is 9.78. The molecule has 0 radical (unpaired) electrons. The van der Waals surface area contributed by atoms with Crippen LogP contribution in [-0.2, 0) is 14.8 Å². The monoisotopic (exact) mass is 368 g/mol. The van der Waals surface area contributed by atoms with E-state index in [2.05, 4.69) is 5.32 Å². The Kier molecular flexibility index (Phi) is 6.22. The van der Waals surface area contributed by atoms with Gasteiger partial charge in [0.15, 0.2) is 0 Å². The number of nitrogens with zero attached hydrogens (tertiary/aromatic N) is 1. The van der Waals surface area contributed by atoms with Gasteiger partial charge in [-0.3, -0.25) is 9.10 Å². The Labute approximate surface area is 146 Å². The molecule has 0 fully saturated rings. The highest BCUT2D eigenvalue weighted by atomic mass is 32.2. The van der Waals surface area contributed by atoms with Crippen molar-refractivity contribution in [2.45, 2.75) is 17.6 Å². The van der Waals surface area contributed by atoms with Crippen LogP contribution in [0.2, 0.25) is 0 Å². The Balaban J connectivity index is 2.44. The largest absolute Gasteiger partial charge is 0.495 e. The molecule has 1 amide bonds. The molecule has 0 unspecified atom stereocenters. The van der Waals surface area contributed by atoms with Crippen molar-refractivity contribution in [2.24, 2.45) is 0 Å². The number of carbonyl (C=O) groups is 1. The summed E-state index contributed by atoms with van der Waals surface area (Å²) in [6.45, 7) is 2.12. The van der Waals surface area contributed by atoms with E-state index in [4.69, 9.17) is 4.74 Å². The van der Waals surface area contributed by atoms with Gasteiger partial charge in [0, 0.05) is 6.54 Å². The van der Waals surface area contributed by atoms with Crippen molar-refractivity contribution in [2.75, 3.05) is 24.5 Å². The van der Waals surface area contributed by atoms with Crippen molar-refractivity contribution < 1.29 is 17.9 Å². The zero-order valence-electron chi connectivity index (χ0n) is 13.6. The van der Waals surface area contributed by atoms with Crippen LogP contribution in [0.3, 0.4) is 0 Å². The third kappa shape index (κ3) is 4.07. The molecule has 2 aromatic rings. The van der Waals surface area contributed by atoms with E-state index in [9.17, 15) is 13.2 Å². The number of sulfonamides is 1. The first-order chi connectivity index (χ1) is 11.5. The Morgan fingerprint density at radius 1 is 1.25 bits per heavy atom. The third-order valence-electron chi connectivity index (χ3n) is 3.25. The average Bonchev–Trinajstić information content (AvgIpc) is 3.13. The highest BCUT2D eigenvalue weighted by Crippen LogP contribution is 2.33. The number of amides is 1. The van der Waals surface area contributed by atoms with Gasteiger partial charge in [0.1, 0.15) is 16.5 Å². The first-order valence-electron chi connectivity index (χ1n) is 7.46. The number of rotatable bonds is 8. The fourth-order valence-corrected chi connectivity index (χ4v) is 4.64. The molecule has 1 heterocycles. The summed E-state index contributed by atoms with van der Waals surface area (Å²) in [6, 6.07) is 9.92. The molecule has 0 atom stereocenters. The van der Waals surface area contributed by atoms with Crippen LogP contribution in [0.1, 0.15) is 13.3 Å². The Morgan fingerprint density at radius 3 is 2.62 bits per heavy atom. The maximum absolute atomic E-state index is 13.0. The van der Waals surface area contributed by atoms with Crippen LogP contribution in [-0.4, -0.2) is 34.5 Å². The number of carbonyl (C=O) groups excluding carboxylic acids is 1. The van der Waals surface area contributed by atoms with E-state index in [0.29, 0.717) is 18.0 Å². The van der Waals surface area contributed by atoms with Crippen LogP contribution < -0.4 is 14.4 Å². The zero-order chi connectivity index (χ0) is 17.6. The SMILES string of the molecule is CCCNC(=O)CN(c1ccccc1OC)S(=O)(=O)c1cccs1. The van der Waals surface area contributed by atoms with Crippen molar-refractivity contribution in [1.82, 2.24) is 5.32 Å². The van der Waals surface area contributed by atoms with Gasteiger partial charge in [0.05, 0.1) is 12.8 Å². The summed E-state index contributed by atoms with van der Waals surface area (Å²) in [4.78, 5) is 12.1. The highest BCUT2D eigenvalue weighted by Gasteiger charge is 2.29. The lowest BCUT2D eigenvalue weighted by atomic mass is 10.3. The lowest BCUT2D eigenvalue weighted by Gasteiger charge is -2.24. The molecule has 0 spiro atoms. The predicted molar refractivity (Wildman–Crippen MR) is 95.1 cm³/mol. The Hall–Kier alpha value is -2.06. The number of para-hydroxylation sites is 2. The van der Waals surface area contributed by atoms with Crippen LogP contribution in [0, 0.1) is 0 Å². The van der Waals surface area contributed by atoms with E-state index < -0.39 is 10.0 Å². The molecule has 8 heteroatoms. The van der Waals surface area contributed by atoms with Crippen molar-refractivity contribution in [3.8, 4) is 5.75 Å². The number of nitrogens with one attached hydrogen (secondary N) is 1. The van der Waals surface area contributed by atoms with Crippen LogP contribution in [0.4, 0.5) is 5.69 Å². The number of hydrogen-bond donors (Lipinski definition) is 1. The summed E-state index contributed by atoms with van der Waals surface area (Å²) in [7, 11) is -2.39. The quantitative estimate of drug-likeness (QED) is 0.777. The summed E-state index contributed by atoms with van der Waals surface area (Å²) in [6.07, 6.45) is 0.776. The van der Waals surface area contributed by atoms with Crippen LogP contribution in [0.5, 0.6) is 5.75 Å². The molecule has 2 rings (SSSR count). The minimum Gasteiger partial charge on any atom is -0.495 e. The smallest absolute Gasteiger partial charge is 0.274 e. The third-order valence-corrected chi connectivity index (χ3v) is 6.39. The molecule has 0 aliphatic heterocycles. The van der Waals surface area contributed by atoms with Gasteiger partial charge in [-0.05, 0) is 30.0 Å². The second-order valence-corrected chi connectivity index (χ2v) is 8.00. The molecule has 0 bridgehead atoms. The molecular formula is C16H20N2O4S2. The topological polar surface area (TPSA) is 75.7 Å². The fourth-order valence-electron chi connectivity index (χ4n) is 2.11. The number of hydrogen-bond acceptors (Lipinski definition) is 5. The fraction of sp³-hybridized carbons (Fsp3) is 0.312. The second-order valence-electron chi connectivity index (χ2n) is 4.97. The van der Waals surface area contributed by atoms with Crippen LogP contribution in [0.25, 0.3) is 0 Å². The van der Waals surface area contributed by atoms with Crippen LogP contribution in [0.15, 0.2) is 46.0 Å². The number of anilines is 1. The molecule has 1 aromatic heterocycles. The minimum absolute atomic E-state index is 0.177. The number of ether oxygens (including phenoxy) is 1. The maximum atomic E-state index is 13.0. The summed E-state index contributed by atoms with van der Waals surface area (Å²) < 4.78 is 32.5. The molecule has 0 aliphatic carbocycles. The van der Waals surface area contributed by atoms with Crippen molar-refractivity contribution in [3.63, 3.8) is 0 Å². The molecular weight excluding hydrogens is 348 g/mol. The summed E-state index contributed by atoms with van der Waals surface area (Å²) in [5.74, 6) is 0.0313. The van der Waals surface area contributed by atoms with Crippen molar-refractivity contribution in [1.29, 1.82) is 0 Å². The van der Waals surface area contributed by atoms with Gasteiger partial charge >= 0.3 is 0 Å². The van der Waals surface area contributed by atoms with E-state index in [1.165, 1.54) is 13.2 Å². The average molecular weight is 368 g/mol. The van der Waals surface area contributed by atoms with E-state index in [1.54, 1.807) is 35.7 Å². The van der Waals surface area contributed by atoms with Gasteiger partial charge in [-0.25, -0.2) is 8.42 Å². The maximum Gasteiger partial charge on any atom is 0.274 e. The lowest BCUT2D eigenvalue weighted by Crippen LogP contribution is -2.41. The molecule has 1 aromatic carbocycles. The molecule has 0 saturated heterocycles. The molecule has 24 heavy (non-hydrogen) atoms. The Bertz CT molecular complexity index is 773. The normalized spacial score (nSPS) is 11.1. The summed E-state index contributed by atoms with van der Waals surface area (Å²) >= 11 is 1.11. The predicted octanol–water partition coefficient (Wildman–Crippen LogP) is 2.48. The molecule has 0 aliphatic rings. The summed E-state index contributed by atoms with van der Waals surface area (Å²) in [5.41, 5.74) is 0.333. The summed E-state index contributed by atoms with van der Waals surface area (Å²) in [5, 5.41) is 4.39. The Morgan fingerprint density at radius 2 is 2.00 bits per heavy atom. The molecule has 6 nitrogen and oxygen atoms in total. The minimum atomic E-state index is -3.85. The van der Waals surface area contributed by atoms with Gasteiger partial charge in [-0.1, -0.05) is 25.1 Å².